The van der Waals surface area contributed by atoms with Crippen LogP contribution in [-0.4, -0.2) is 13.4 Å². The average Bonchev–Trinajstić information content (AvgIpc) is 2.81. The third-order valence-electron chi connectivity index (χ3n) is 2.26. The first kappa shape index (κ1) is 17.5. The van der Waals surface area contributed by atoms with E-state index in [9.17, 15) is 0 Å². The Bertz CT molecular complexity index is 452. The molecule has 0 amide bonds. The van der Waals surface area contributed by atoms with E-state index in [4.69, 9.17) is 9.15 Å². The molecule has 0 aliphatic heterocycles. The van der Waals surface area contributed by atoms with Crippen molar-refractivity contribution in [3.05, 3.63) is 31.2 Å². The van der Waals surface area contributed by atoms with Gasteiger partial charge in [0, 0.05) is 5.39 Å². The van der Waals surface area contributed by atoms with E-state index in [1.807, 2.05) is 30.5 Å². The van der Waals surface area contributed by atoms with Crippen molar-refractivity contribution >= 4 is 22.7 Å². The molecule has 0 bridgehead atoms. The monoisotopic (exact) mass is 258 g/mol. The van der Waals surface area contributed by atoms with Gasteiger partial charge in [0.05, 0.1) is 7.11 Å². The topological polar surface area (TPSA) is 22.4 Å². The van der Waals surface area contributed by atoms with E-state index in [-0.39, 0.29) is 18.9 Å². The number of methoxy groups -OCH3 is 1. The van der Waals surface area contributed by atoms with E-state index < -0.39 is 0 Å². The van der Waals surface area contributed by atoms with Crippen molar-refractivity contribution in [3.8, 4) is 5.75 Å². The summed E-state index contributed by atoms with van der Waals surface area (Å²) in [6, 6.07) is 7.89. The van der Waals surface area contributed by atoms with Crippen LogP contribution in [0, 0.1) is 6.92 Å². The first-order chi connectivity index (χ1) is 8.26. The number of hydrogen-bond acceptors (Lipinski definition) is 3. The Balaban J connectivity index is 0.000000512. The van der Waals surface area contributed by atoms with Gasteiger partial charge >= 0.3 is 18.9 Å². The van der Waals surface area contributed by atoms with E-state index >= 15 is 0 Å². The zero-order chi connectivity index (χ0) is 12.7. The van der Waals surface area contributed by atoms with Gasteiger partial charge < -0.3 is 16.1 Å². The fraction of sp³-hybridized carbons (Fsp3) is 0.357. The van der Waals surface area contributed by atoms with Crippen molar-refractivity contribution in [3.63, 3.8) is 0 Å². The number of furan rings is 1. The van der Waals surface area contributed by atoms with Gasteiger partial charge in [-0.15, -0.1) is 0 Å². The van der Waals surface area contributed by atoms with Gasteiger partial charge in [-0.25, -0.2) is 0 Å². The molecule has 1 heterocycles. The molecule has 18 heavy (non-hydrogen) atoms. The van der Waals surface area contributed by atoms with E-state index in [2.05, 4.69) is 13.8 Å². The van der Waals surface area contributed by atoms with Crippen molar-refractivity contribution in [2.75, 3.05) is 13.4 Å². The van der Waals surface area contributed by atoms with Crippen LogP contribution in [0.15, 0.2) is 33.8 Å². The molecule has 94 valence electrons. The summed E-state index contributed by atoms with van der Waals surface area (Å²) >= 11 is 1.59. The van der Waals surface area contributed by atoms with Crippen LogP contribution in [0.25, 0.3) is 11.0 Å². The van der Waals surface area contributed by atoms with Crippen LogP contribution in [0.3, 0.4) is 0 Å². The van der Waals surface area contributed by atoms with E-state index in [0.29, 0.717) is 0 Å². The van der Waals surface area contributed by atoms with E-state index in [0.717, 1.165) is 28.2 Å². The number of para-hydroxylation sites is 1. The molecule has 2 nitrogen and oxygen atoms in total. The van der Waals surface area contributed by atoms with Crippen molar-refractivity contribution in [2.24, 2.45) is 0 Å². The molecule has 1 aromatic carbocycles. The normalized spacial score (nSPS) is 9.33. The van der Waals surface area contributed by atoms with Crippen LogP contribution >= 0.6 is 11.8 Å². The van der Waals surface area contributed by atoms with Crippen molar-refractivity contribution in [2.45, 2.75) is 24.9 Å². The van der Waals surface area contributed by atoms with E-state index in [1.54, 1.807) is 18.9 Å². The Hall–Kier alpha value is -0.493. The van der Waals surface area contributed by atoms with Crippen molar-refractivity contribution in [1.82, 2.24) is 0 Å². The third kappa shape index (κ3) is 4.64. The number of unbranched alkanes of at least 4 members (excludes halogenated alkanes) is 1. The Morgan fingerprint density at radius 2 is 2.06 bits per heavy atom. The summed E-state index contributed by atoms with van der Waals surface area (Å²) in [7, 11) is 1.65. The molecule has 2 rings (SSSR count). The molecule has 0 atom stereocenters. The summed E-state index contributed by atoms with van der Waals surface area (Å²) in [4.78, 5) is 0. The van der Waals surface area contributed by atoms with E-state index in [1.165, 1.54) is 6.42 Å². The largest absolute Gasteiger partial charge is 1.00 e. The molecule has 0 radical (unpaired) electrons. The Morgan fingerprint density at radius 3 is 2.56 bits per heavy atom. The Morgan fingerprint density at radius 1 is 1.39 bits per heavy atom. The quantitative estimate of drug-likeness (QED) is 0.476. The summed E-state index contributed by atoms with van der Waals surface area (Å²) < 4.78 is 10.8. The summed E-state index contributed by atoms with van der Waals surface area (Å²) in [6.07, 6.45) is 4.27. The number of benzene rings is 1. The summed E-state index contributed by atoms with van der Waals surface area (Å²) in [5.74, 6) is 0.790. The molecular weight excluding hydrogens is 239 g/mol. The maximum atomic E-state index is 5.58. The van der Waals surface area contributed by atoms with Crippen LogP contribution in [0.2, 0.25) is 0 Å². The van der Waals surface area contributed by atoms with Gasteiger partial charge in [0.1, 0.15) is 0 Å². The maximum absolute atomic E-state index is 5.58. The standard InChI is InChI=1S/C10H10O2S.C4H9.Li/c1-11-8-5-3-4-7-6-9(13-2)12-10(7)8;1-3-4-2;/h3-6H,1-2H3;1,3-4H2,2H3;/q;-1;+1. The molecule has 0 aliphatic carbocycles. The molecule has 0 aliphatic rings. The molecule has 0 unspecified atom stereocenters. The summed E-state index contributed by atoms with van der Waals surface area (Å²) in [5, 5.41) is 2.00. The first-order valence-electron chi connectivity index (χ1n) is 5.66. The van der Waals surface area contributed by atoms with Gasteiger partial charge in [0.2, 0.25) is 0 Å². The molecule has 0 fully saturated rings. The number of thioether (sulfide) groups is 1. The Labute approximate surface area is 126 Å². The first-order valence-corrected chi connectivity index (χ1v) is 6.89. The average molecular weight is 258 g/mol. The molecule has 2 aromatic rings. The summed E-state index contributed by atoms with van der Waals surface area (Å²) in [6.45, 7) is 5.72. The van der Waals surface area contributed by atoms with Crippen LogP contribution in [0.5, 0.6) is 5.75 Å². The maximum Gasteiger partial charge on any atom is 1.00 e. The predicted molar refractivity (Wildman–Crippen MR) is 74.8 cm³/mol. The third-order valence-corrected chi connectivity index (χ3v) is 2.86. The zero-order valence-corrected chi connectivity index (χ0v) is 12.5. The van der Waals surface area contributed by atoms with Crippen molar-refractivity contribution in [1.29, 1.82) is 0 Å². The van der Waals surface area contributed by atoms with Crippen LogP contribution in [0.1, 0.15) is 19.8 Å². The number of ether oxygens (including phenoxy) is 1. The summed E-state index contributed by atoms with van der Waals surface area (Å²) in [5.41, 5.74) is 0.828. The smallest absolute Gasteiger partial charge is 0.493 e. The minimum atomic E-state index is 0. The second-order valence-corrected chi connectivity index (χ2v) is 4.31. The molecule has 4 heteroatoms. The molecule has 1 aromatic heterocycles. The van der Waals surface area contributed by atoms with Gasteiger partial charge in [-0.1, -0.05) is 37.2 Å². The number of rotatable bonds is 3. The van der Waals surface area contributed by atoms with Gasteiger partial charge in [-0.2, -0.15) is 6.42 Å². The molecule has 0 saturated carbocycles. The second-order valence-electron chi connectivity index (χ2n) is 3.50. The van der Waals surface area contributed by atoms with Crippen LogP contribution in [-0.2, 0) is 0 Å². The molecule has 0 spiro atoms. The number of hydrogen-bond donors (Lipinski definition) is 0. The SMILES string of the molecule is COc1cccc2cc(SC)oc12.[CH2-]CCC.[Li+]. The van der Waals surface area contributed by atoms with Crippen LogP contribution < -0.4 is 23.6 Å². The van der Waals surface area contributed by atoms with Crippen molar-refractivity contribution < 1.29 is 28.0 Å². The van der Waals surface area contributed by atoms with Gasteiger partial charge in [-0.3, -0.25) is 0 Å². The molecular formula is C14H19LiO2S. The van der Waals surface area contributed by atoms with Gasteiger partial charge in [0.15, 0.2) is 16.4 Å². The fourth-order valence-electron chi connectivity index (χ4n) is 1.27. The van der Waals surface area contributed by atoms with Gasteiger partial charge in [0.25, 0.3) is 0 Å². The fourth-order valence-corrected chi connectivity index (χ4v) is 1.69. The zero-order valence-electron chi connectivity index (χ0n) is 11.7. The van der Waals surface area contributed by atoms with Gasteiger partial charge in [-0.05, 0) is 18.4 Å². The minimum absolute atomic E-state index is 0. The minimum Gasteiger partial charge on any atom is -0.493 e. The number of fused-ring (bicyclic) bond motifs is 1. The Kier molecular flexibility index (Phi) is 9.18. The predicted octanol–water partition coefficient (Wildman–Crippen LogP) is 1.79. The van der Waals surface area contributed by atoms with Crippen LogP contribution in [0.4, 0.5) is 0 Å². The molecule has 0 N–H and O–H groups in total. The molecule has 0 saturated heterocycles. The second kappa shape index (κ2) is 9.44.